The first-order chi connectivity index (χ1) is 14.0. The second kappa shape index (κ2) is 8.87. The van der Waals surface area contributed by atoms with Gasteiger partial charge in [-0.3, -0.25) is 9.78 Å². The molecule has 2 aromatic heterocycles. The number of aromatic nitrogens is 2. The third-order valence-corrected chi connectivity index (χ3v) is 7.25. The van der Waals surface area contributed by atoms with Gasteiger partial charge in [-0.15, -0.1) is 11.3 Å². The molecule has 156 valence electrons. The van der Waals surface area contributed by atoms with Gasteiger partial charge in [0.05, 0.1) is 23.0 Å². The van der Waals surface area contributed by atoms with Gasteiger partial charge in [-0.25, -0.2) is 4.98 Å². The number of carbonyl (C=O) groups is 1. The molecule has 4 atom stereocenters. The highest BCUT2D eigenvalue weighted by atomic mass is 32.1. The number of nitrogens with zero attached hydrogens (tertiary/aromatic N) is 2. The van der Waals surface area contributed by atoms with Crippen LogP contribution in [0.25, 0.3) is 0 Å². The number of aliphatic hydroxyl groups excluding tert-OH is 1. The molecule has 4 rings (SSSR count). The molecule has 0 aromatic carbocycles. The van der Waals surface area contributed by atoms with Gasteiger partial charge in [-0.05, 0) is 43.2 Å². The molecule has 2 heterocycles. The van der Waals surface area contributed by atoms with Gasteiger partial charge in [0.2, 0.25) is 0 Å². The van der Waals surface area contributed by atoms with E-state index in [-0.39, 0.29) is 23.9 Å². The first-order valence-corrected chi connectivity index (χ1v) is 11.3. The Morgan fingerprint density at radius 2 is 1.86 bits per heavy atom. The van der Waals surface area contributed by atoms with E-state index in [4.69, 9.17) is 11.5 Å². The van der Waals surface area contributed by atoms with Crippen LogP contribution in [-0.2, 0) is 0 Å². The fourth-order valence-corrected chi connectivity index (χ4v) is 5.56. The molecule has 0 bridgehead atoms. The zero-order valence-electron chi connectivity index (χ0n) is 16.5. The lowest BCUT2D eigenvalue weighted by Gasteiger charge is -2.36. The third kappa shape index (κ3) is 4.50. The Hall–Kier alpha value is -1.87. The molecule has 8 heteroatoms. The maximum atomic E-state index is 12.8. The quantitative estimate of drug-likeness (QED) is 0.608. The predicted molar refractivity (Wildman–Crippen MR) is 114 cm³/mol. The fourth-order valence-electron chi connectivity index (χ4n) is 4.58. The predicted octanol–water partition coefficient (Wildman–Crippen LogP) is 2.73. The lowest BCUT2D eigenvalue weighted by atomic mass is 9.77. The van der Waals surface area contributed by atoms with E-state index in [1.165, 1.54) is 19.3 Å². The Morgan fingerprint density at radius 3 is 2.59 bits per heavy atom. The second-order valence-electron chi connectivity index (χ2n) is 8.31. The summed E-state index contributed by atoms with van der Waals surface area (Å²) in [5.74, 6) is 0.331. The Labute approximate surface area is 174 Å². The minimum Gasteiger partial charge on any atom is -0.390 e. The van der Waals surface area contributed by atoms with Gasteiger partial charge >= 0.3 is 0 Å². The lowest BCUT2D eigenvalue weighted by molar-refractivity contribution is 0.0800. The summed E-state index contributed by atoms with van der Waals surface area (Å²) in [6, 6.07) is 1.14. The third-order valence-electron chi connectivity index (χ3n) is 6.24. The molecule has 0 unspecified atom stereocenters. The van der Waals surface area contributed by atoms with E-state index in [2.05, 4.69) is 15.3 Å². The zero-order valence-corrected chi connectivity index (χ0v) is 17.3. The molecule has 0 spiro atoms. The average molecular weight is 416 g/mol. The number of amides is 1. The van der Waals surface area contributed by atoms with Crippen LogP contribution < -0.4 is 16.8 Å². The number of rotatable bonds is 4. The van der Waals surface area contributed by atoms with Gasteiger partial charge in [0.1, 0.15) is 5.69 Å². The van der Waals surface area contributed by atoms with Gasteiger partial charge < -0.3 is 21.9 Å². The maximum Gasteiger partial charge on any atom is 0.275 e. The van der Waals surface area contributed by atoms with E-state index < -0.39 is 6.10 Å². The summed E-state index contributed by atoms with van der Waals surface area (Å²) in [5, 5.41) is 15.9. The Balaban J connectivity index is 1.49. The highest BCUT2D eigenvalue weighted by Gasteiger charge is 2.34. The first kappa shape index (κ1) is 20.4. The van der Waals surface area contributed by atoms with Crippen molar-refractivity contribution in [1.29, 1.82) is 0 Å². The molecule has 0 radical (unpaired) electrons. The Morgan fingerprint density at radius 1 is 1.14 bits per heavy atom. The van der Waals surface area contributed by atoms with Crippen LogP contribution in [0, 0.1) is 0 Å². The number of thiazole rings is 1. The summed E-state index contributed by atoms with van der Waals surface area (Å²) in [7, 11) is 0. The van der Waals surface area contributed by atoms with Crippen molar-refractivity contribution < 1.29 is 9.90 Å². The number of carbonyl (C=O) groups excluding carboxylic acids is 1. The molecule has 2 saturated carbocycles. The summed E-state index contributed by atoms with van der Waals surface area (Å²) in [4.78, 5) is 21.6. The van der Waals surface area contributed by atoms with E-state index in [9.17, 15) is 9.90 Å². The van der Waals surface area contributed by atoms with Crippen LogP contribution in [0.2, 0.25) is 0 Å². The largest absolute Gasteiger partial charge is 0.390 e. The fraction of sp³-hybridized carbons (Fsp3) is 0.571. The zero-order chi connectivity index (χ0) is 20.4. The van der Waals surface area contributed by atoms with Crippen LogP contribution in [0.15, 0.2) is 23.8 Å². The highest BCUT2D eigenvalue weighted by Crippen LogP contribution is 2.36. The van der Waals surface area contributed by atoms with Crippen molar-refractivity contribution in [3.63, 3.8) is 0 Å². The second-order valence-corrected chi connectivity index (χ2v) is 9.20. The molecule has 0 saturated heterocycles. The monoisotopic (exact) mass is 415 g/mol. The number of pyridine rings is 1. The molecule has 0 aliphatic heterocycles. The topological polar surface area (TPSA) is 127 Å². The van der Waals surface area contributed by atoms with Gasteiger partial charge in [-0.1, -0.05) is 19.3 Å². The molecule has 2 aliphatic rings. The smallest absolute Gasteiger partial charge is 0.275 e. The number of nitrogens with two attached hydrogens (primary N) is 2. The van der Waals surface area contributed by atoms with Crippen LogP contribution in [0.4, 0.5) is 5.69 Å². The molecule has 1 amide bonds. The van der Waals surface area contributed by atoms with Crippen LogP contribution in [0.5, 0.6) is 0 Å². The molecular weight excluding hydrogens is 386 g/mol. The lowest BCUT2D eigenvalue weighted by Crippen LogP contribution is -2.52. The minimum atomic E-state index is -0.695. The van der Waals surface area contributed by atoms with Crippen molar-refractivity contribution in [3.05, 3.63) is 40.1 Å². The summed E-state index contributed by atoms with van der Waals surface area (Å²) in [6.07, 6.45) is 10.0. The van der Waals surface area contributed by atoms with Crippen LogP contribution in [-0.4, -0.2) is 39.2 Å². The van der Waals surface area contributed by atoms with Crippen LogP contribution in [0.1, 0.15) is 77.8 Å². The van der Waals surface area contributed by atoms with Crippen molar-refractivity contribution in [1.82, 2.24) is 9.97 Å². The van der Waals surface area contributed by atoms with E-state index in [0.717, 1.165) is 23.4 Å². The van der Waals surface area contributed by atoms with Gasteiger partial charge in [0.25, 0.3) is 5.91 Å². The summed E-state index contributed by atoms with van der Waals surface area (Å²) in [6.45, 7) is 0. The van der Waals surface area contributed by atoms with Crippen molar-refractivity contribution in [2.24, 2.45) is 11.5 Å². The molecule has 2 aliphatic carbocycles. The van der Waals surface area contributed by atoms with Crippen molar-refractivity contribution in [3.8, 4) is 0 Å². The number of hydrogen-bond acceptors (Lipinski definition) is 7. The van der Waals surface area contributed by atoms with Crippen LogP contribution >= 0.6 is 11.3 Å². The minimum absolute atomic E-state index is 0.0648. The van der Waals surface area contributed by atoms with Crippen molar-refractivity contribution in [2.45, 2.75) is 75.0 Å². The summed E-state index contributed by atoms with van der Waals surface area (Å²) < 4.78 is 0. The molecule has 7 nitrogen and oxygen atoms in total. The van der Waals surface area contributed by atoms with Crippen molar-refractivity contribution >= 4 is 22.9 Å². The number of anilines is 1. The van der Waals surface area contributed by atoms with Gasteiger partial charge in [0, 0.05) is 29.6 Å². The Bertz CT molecular complexity index is 839. The molecule has 29 heavy (non-hydrogen) atoms. The molecule has 2 fully saturated rings. The van der Waals surface area contributed by atoms with Gasteiger partial charge in [-0.2, -0.15) is 0 Å². The SMILES string of the molecule is N[C@@H]1C[C@H](c2ccncc2NC(=O)c2csc(C3CCCCC3)n2)C[C@H](N)[C@H]1O. The van der Waals surface area contributed by atoms with E-state index >= 15 is 0 Å². The number of aliphatic hydroxyl groups is 1. The standard InChI is InChI=1S/C21H29N5O2S/c22-15-8-13(9-16(23)19(15)27)14-6-7-24-10-17(14)25-20(28)18-11-29-21(26-18)12-4-2-1-3-5-12/h6-7,10-13,15-16,19,27H,1-5,8-9,22-23H2,(H,25,28)/t13-,15+,16-,19-. The maximum absolute atomic E-state index is 12.8. The molecular formula is C21H29N5O2S. The normalized spacial score (nSPS) is 28.2. The number of nitrogens with one attached hydrogen (secondary N) is 1. The van der Waals surface area contributed by atoms with Gasteiger partial charge in [0.15, 0.2) is 0 Å². The highest BCUT2D eigenvalue weighted by molar-refractivity contribution is 7.09. The summed E-state index contributed by atoms with van der Waals surface area (Å²) >= 11 is 1.58. The van der Waals surface area contributed by atoms with E-state index in [0.29, 0.717) is 30.1 Å². The van der Waals surface area contributed by atoms with E-state index in [1.54, 1.807) is 23.7 Å². The first-order valence-electron chi connectivity index (χ1n) is 10.4. The Kier molecular flexibility index (Phi) is 6.24. The van der Waals surface area contributed by atoms with E-state index in [1.807, 2.05) is 11.4 Å². The van der Waals surface area contributed by atoms with Crippen LogP contribution in [0.3, 0.4) is 0 Å². The van der Waals surface area contributed by atoms with Crippen molar-refractivity contribution in [2.75, 3.05) is 5.32 Å². The average Bonchev–Trinajstić information content (AvgIpc) is 3.23. The molecule has 6 N–H and O–H groups in total. The molecule has 2 aromatic rings. The summed E-state index contributed by atoms with van der Waals surface area (Å²) in [5.41, 5.74) is 14.2. The number of hydrogen-bond donors (Lipinski definition) is 4.